The fourth-order valence-corrected chi connectivity index (χ4v) is 4.14. The van der Waals surface area contributed by atoms with Crippen molar-refractivity contribution >= 4 is 72.7 Å². The summed E-state index contributed by atoms with van der Waals surface area (Å²) in [6.07, 6.45) is -1.53. The van der Waals surface area contributed by atoms with Crippen molar-refractivity contribution in [1.82, 2.24) is 10.3 Å². The Kier molecular flexibility index (Phi) is 3.74. The number of halogens is 2. The molecule has 0 aromatic carbocycles. The third-order valence-corrected chi connectivity index (χ3v) is 5.75. The molecular weight excluding hydrogens is 359 g/mol. The van der Waals surface area contributed by atoms with Crippen molar-refractivity contribution in [3.05, 3.63) is 21.1 Å². The van der Waals surface area contributed by atoms with Crippen LogP contribution >= 0.6 is 46.3 Å². The number of fused-ring (bicyclic) bond motifs is 1. The number of aliphatic hydroxyl groups excluding tert-OH is 1. The van der Waals surface area contributed by atoms with E-state index in [1.807, 2.05) is 0 Å². The van der Waals surface area contributed by atoms with Crippen LogP contribution in [-0.4, -0.2) is 38.4 Å². The number of hydrogen-bond acceptors (Lipinski definition) is 6. The number of amides is 1. The average molecular weight is 365 g/mol. The predicted molar refractivity (Wildman–Crippen MR) is 81.1 cm³/mol. The molecule has 2 unspecified atom stereocenters. The van der Waals surface area contributed by atoms with Gasteiger partial charge in [0, 0.05) is 0 Å². The third kappa shape index (κ3) is 2.47. The molecule has 0 radical (unpaired) electrons. The Bertz CT molecular complexity index is 785. The van der Waals surface area contributed by atoms with Crippen LogP contribution in [0.25, 0.3) is 10.2 Å². The van der Waals surface area contributed by atoms with Gasteiger partial charge in [0.15, 0.2) is 6.10 Å². The molecule has 0 bridgehead atoms. The molecule has 6 nitrogen and oxygen atoms in total. The second-order valence-corrected chi connectivity index (χ2v) is 7.29. The largest absolute Gasteiger partial charge is 0.382 e. The first-order valence-electron chi connectivity index (χ1n) is 5.59. The van der Waals surface area contributed by atoms with E-state index in [9.17, 15) is 19.5 Å². The van der Waals surface area contributed by atoms with E-state index in [0.29, 0.717) is 31.3 Å². The summed E-state index contributed by atoms with van der Waals surface area (Å²) in [6.45, 7) is 0. The topological polar surface area (TPSA) is 99.3 Å². The molecular formula is C11H6Cl2N2O4S2. The van der Waals surface area contributed by atoms with E-state index in [-0.39, 0.29) is 5.69 Å². The molecule has 2 aromatic heterocycles. The SMILES string of the molecule is O=C(NC1C(=O)SC(=O)C1O)c1cc2sc(Cl)c(Cl)c2[nH]1. The highest BCUT2D eigenvalue weighted by Gasteiger charge is 2.42. The van der Waals surface area contributed by atoms with Gasteiger partial charge in [-0.1, -0.05) is 23.2 Å². The van der Waals surface area contributed by atoms with Crippen LogP contribution in [-0.2, 0) is 9.59 Å². The summed E-state index contributed by atoms with van der Waals surface area (Å²) < 4.78 is 1.10. The van der Waals surface area contributed by atoms with Crippen molar-refractivity contribution in [2.24, 2.45) is 0 Å². The molecule has 0 spiro atoms. The molecule has 10 heteroatoms. The Hall–Kier alpha value is -1.06. The predicted octanol–water partition coefficient (Wildman–Crippen LogP) is 1.80. The number of hydrogen-bond donors (Lipinski definition) is 3. The molecule has 110 valence electrons. The number of thioether (sulfide) groups is 1. The van der Waals surface area contributed by atoms with Crippen molar-refractivity contribution in [1.29, 1.82) is 0 Å². The van der Waals surface area contributed by atoms with Crippen molar-refractivity contribution in [2.75, 3.05) is 0 Å². The molecule has 1 saturated heterocycles. The molecule has 21 heavy (non-hydrogen) atoms. The standard InChI is InChI=1S/C11H6Cl2N2O4S2/c12-4-5-3(20-8(4)13)1-2(14-5)9(17)15-6-7(16)11(19)21-10(6)18/h1,6-7,14,16H,(H,15,17). The fraction of sp³-hybridized carbons (Fsp3) is 0.182. The third-order valence-electron chi connectivity index (χ3n) is 2.92. The molecule has 1 aliphatic heterocycles. The molecule has 2 atom stereocenters. The Morgan fingerprint density at radius 3 is 2.62 bits per heavy atom. The van der Waals surface area contributed by atoms with Crippen LogP contribution in [0.3, 0.4) is 0 Å². The number of aromatic nitrogens is 1. The van der Waals surface area contributed by atoms with E-state index in [2.05, 4.69) is 10.3 Å². The van der Waals surface area contributed by atoms with Gasteiger partial charge in [-0.05, 0) is 17.8 Å². The minimum absolute atomic E-state index is 0.166. The zero-order chi connectivity index (χ0) is 15.3. The Labute approximate surface area is 135 Å². The molecule has 1 amide bonds. The maximum atomic E-state index is 12.1. The van der Waals surface area contributed by atoms with E-state index < -0.39 is 28.3 Å². The summed E-state index contributed by atoms with van der Waals surface area (Å²) >= 11 is 13.4. The van der Waals surface area contributed by atoms with Gasteiger partial charge in [0.05, 0.1) is 15.2 Å². The van der Waals surface area contributed by atoms with E-state index in [4.69, 9.17) is 23.2 Å². The van der Waals surface area contributed by atoms with E-state index in [1.54, 1.807) is 0 Å². The zero-order valence-corrected chi connectivity index (χ0v) is 13.1. The maximum Gasteiger partial charge on any atom is 0.268 e. The molecule has 1 aliphatic rings. The van der Waals surface area contributed by atoms with Gasteiger partial charge in [0.1, 0.15) is 16.1 Å². The Morgan fingerprint density at radius 2 is 2.05 bits per heavy atom. The number of thiophene rings is 1. The number of carbonyl (C=O) groups excluding carboxylic acids is 3. The second-order valence-electron chi connectivity index (χ2n) is 4.25. The first kappa shape index (κ1) is 14.9. The highest BCUT2D eigenvalue weighted by Crippen LogP contribution is 2.38. The molecule has 0 aliphatic carbocycles. The van der Waals surface area contributed by atoms with Crippen LogP contribution in [0.2, 0.25) is 9.36 Å². The monoisotopic (exact) mass is 364 g/mol. The number of aromatic amines is 1. The normalized spacial score (nSPS) is 22.2. The van der Waals surface area contributed by atoms with Crippen molar-refractivity contribution in [3.8, 4) is 0 Å². The van der Waals surface area contributed by atoms with Crippen molar-refractivity contribution in [3.63, 3.8) is 0 Å². The Morgan fingerprint density at radius 1 is 1.33 bits per heavy atom. The number of carbonyl (C=O) groups is 3. The maximum absolute atomic E-state index is 12.1. The summed E-state index contributed by atoms with van der Waals surface area (Å²) in [6, 6.07) is 0.295. The molecule has 0 saturated carbocycles. The van der Waals surface area contributed by atoms with E-state index >= 15 is 0 Å². The molecule has 2 aromatic rings. The summed E-state index contributed by atoms with van der Waals surface area (Å²) in [4.78, 5) is 37.6. The summed E-state index contributed by atoms with van der Waals surface area (Å²) in [5.41, 5.74) is 0.694. The molecule has 3 N–H and O–H groups in total. The van der Waals surface area contributed by atoms with Crippen LogP contribution in [0.4, 0.5) is 0 Å². The quantitative estimate of drug-likeness (QED) is 0.754. The van der Waals surface area contributed by atoms with Gasteiger partial charge >= 0.3 is 0 Å². The lowest BCUT2D eigenvalue weighted by atomic mass is 10.2. The zero-order valence-electron chi connectivity index (χ0n) is 9.98. The van der Waals surface area contributed by atoms with Crippen LogP contribution in [0, 0.1) is 0 Å². The number of nitrogens with one attached hydrogen (secondary N) is 2. The highest BCUT2D eigenvalue weighted by molar-refractivity contribution is 8.27. The molecule has 3 heterocycles. The minimum atomic E-state index is -1.53. The van der Waals surface area contributed by atoms with Crippen LogP contribution < -0.4 is 5.32 Å². The number of aliphatic hydroxyl groups is 1. The van der Waals surface area contributed by atoms with E-state index in [1.165, 1.54) is 17.4 Å². The van der Waals surface area contributed by atoms with Crippen LogP contribution in [0.1, 0.15) is 10.5 Å². The van der Waals surface area contributed by atoms with Gasteiger partial charge in [0.2, 0.25) is 10.2 Å². The van der Waals surface area contributed by atoms with E-state index in [0.717, 1.165) is 0 Å². The highest BCUT2D eigenvalue weighted by atomic mass is 35.5. The smallest absolute Gasteiger partial charge is 0.268 e. The lowest BCUT2D eigenvalue weighted by Gasteiger charge is -2.12. The number of H-pyrrole nitrogens is 1. The van der Waals surface area contributed by atoms with Crippen LogP contribution in [0.5, 0.6) is 0 Å². The van der Waals surface area contributed by atoms with Gasteiger partial charge in [-0.15, -0.1) is 11.3 Å². The summed E-state index contributed by atoms with van der Waals surface area (Å²) in [7, 11) is 0. The first-order chi connectivity index (χ1) is 9.88. The lowest BCUT2D eigenvalue weighted by molar-refractivity contribution is -0.121. The van der Waals surface area contributed by atoms with Gasteiger partial charge in [-0.25, -0.2) is 0 Å². The van der Waals surface area contributed by atoms with Crippen molar-refractivity contribution < 1.29 is 19.5 Å². The lowest BCUT2D eigenvalue weighted by Crippen LogP contribution is -2.45. The Balaban J connectivity index is 1.84. The second kappa shape index (κ2) is 5.29. The molecule has 3 rings (SSSR count). The van der Waals surface area contributed by atoms with Crippen LogP contribution in [0.15, 0.2) is 6.07 Å². The molecule has 1 fully saturated rings. The van der Waals surface area contributed by atoms with Gasteiger partial charge in [0.25, 0.3) is 5.91 Å². The van der Waals surface area contributed by atoms with Gasteiger partial charge in [-0.3, -0.25) is 14.4 Å². The fourth-order valence-electron chi connectivity index (χ4n) is 1.89. The first-order valence-corrected chi connectivity index (χ1v) is 7.98. The average Bonchev–Trinajstić information content (AvgIpc) is 3.02. The summed E-state index contributed by atoms with van der Waals surface area (Å²) in [5, 5.41) is 10.9. The minimum Gasteiger partial charge on any atom is -0.382 e. The van der Waals surface area contributed by atoms with Crippen molar-refractivity contribution in [2.45, 2.75) is 12.1 Å². The van der Waals surface area contributed by atoms with Gasteiger partial charge < -0.3 is 15.4 Å². The number of rotatable bonds is 2. The van der Waals surface area contributed by atoms with Gasteiger partial charge in [-0.2, -0.15) is 0 Å². The summed E-state index contributed by atoms with van der Waals surface area (Å²) in [5.74, 6) is -0.613.